The number of carbonyl (C=O) groups excluding carboxylic acids is 2. The Morgan fingerprint density at radius 3 is 2.41 bits per heavy atom. The molecule has 1 aliphatic rings. The lowest BCUT2D eigenvalue weighted by Gasteiger charge is -2.26. The maximum absolute atomic E-state index is 13.7. The van der Waals surface area contributed by atoms with Crippen molar-refractivity contribution in [1.29, 1.82) is 0 Å². The number of likely N-dealkylation sites (tertiary alicyclic amines) is 1. The Balaban J connectivity index is 1.38. The highest BCUT2D eigenvalue weighted by Gasteiger charge is 2.19. The van der Waals surface area contributed by atoms with E-state index in [-0.39, 0.29) is 11.3 Å². The number of amides is 2. The number of nitrogens with one attached hydrogen (secondary N) is 2. The Bertz CT molecular complexity index is 1120. The van der Waals surface area contributed by atoms with Gasteiger partial charge in [0.15, 0.2) is 5.16 Å². The van der Waals surface area contributed by atoms with E-state index in [0.29, 0.717) is 18.2 Å². The van der Waals surface area contributed by atoms with Gasteiger partial charge in [-0.25, -0.2) is 4.39 Å². The van der Waals surface area contributed by atoms with Crippen LogP contribution in [0, 0.1) is 5.82 Å². The average molecular weight is 483 g/mol. The molecule has 0 saturated carbocycles. The molecule has 1 fully saturated rings. The van der Waals surface area contributed by atoms with Gasteiger partial charge in [-0.05, 0) is 43.6 Å². The topological polar surface area (TPSA) is 92.2 Å². The SMILES string of the molecule is O=C(CSc1nnc(CN2CCCCC2)n1Cc1ccccc1)NNC(=O)c1ccccc1F. The van der Waals surface area contributed by atoms with Crippen molar-refractivity contribution in [3.63, 3.8) is 0 Å². The molecule has 1 aromatic heterocycles. The molecule has 0 radical (unpaired) electrons. The molecule has 1 saturated heterocycles. The van der Waals surface area contributed by atoms with E-state index in [1.807, 2.05) is 34.9 Å². The third kappa shape index (κ3) is 6.42. The highest BCUT2D eigenvalue weighted by atomic mass is 32.2. The summed E-state index contributed by atoms with van der Waals surface area (Å²) in [6.45, 7) is 3.41. The molecule has 2 heterocycles. The summed E-state index contributed by atoms with van der Waals surface area (Å²) in [4.78, 5) is 26.8. The monoisotopic (exact) mass is 482 g/mol. The van der Waals surface area contributed by atoms with Crippen molar-refractivity contribution in [2.75, 3.05) is 18.8 Å². The molecule has 0 atom stereocenters. The summed E-state index contributed by atoms with van der Waals surface area (Å²) in [6, 6.07) is 15.6. The number of nitrogens with zero attached hydrogens (tertiary/aromatic N) is 4. The van der Waals surface area contributed by atoms with Crippen LogP contribution in [0.15, 0.2) is 59.8 Å². The molecule has 0 aliphatic carbocycles. The number of hydrazine groups is 1. The highest BCUT2D eigenvalue weighted by Crippen LogP contribution is 2.21. The Kier molecular flexibility index (Phi) is 8.26. The third-order valence-electron chi connectivity index (χ3n) is 5.56. The summed E-state index contributed by atoms with van der Waals surface area (Å²) >= 11 is 1.24. The lowest BCUT2D eigenvalue weighted by atomic mass is 10.1. The molecule has 0 unspecified atom stereocenters. The van der Waals surface area contributed by atoms with Crippen molar-refractivity contribution in [3.05, 3.63) is 77.4 Å². The molecule has 8 nitrogen and oxygen atoms in total. The zero-order valence-corrected chi connectivity index (χ0v) is 19.6. The van der Waals surface area contributed by atoms with Crippen molar-refractivity contribution in [3.8, 4) is 0 Å². The number of aromatic nitrogens is 3. The largest absolute Gasteiger partial charge is 0.300 e. The predicted molar refractivity (Wildman–Crippen MR) is 127 cm³/mol. The molecule has 0 bridgehead atoms. The molecular weight excluding hydrogens is 455 g/mol. The van der Waals surface area contributed by atoms with Gasteiger partial charge in [0.25, 0.3) is 5.91 Å². The van der Waals surface area contributed by atoms with Crippen molar-refractivity contribution in [2.24, 2.45) is 0 Å². The quantitative estimate of drug-likeness (QED) is 0.379. The first-order chi connectivity index (χ1) is 16.6. The van der Waals surface area contributed by atoms with Crippen LogP contribution in [-0.4, -0.2) is 50.3 Å². The Morgan fingerprint density at radius 2 is 1.65 bits per heavy atom. The summed E-state index contributed by atoms with van der Waals surface area (Å²) in [7, 11) is 0. The fraction of sp³-hybridized carbons (Fsp3) is 0.333. The highest BCUT2D eigenvalue weighted by molar-refractivity contribution is 7.99. The minimum atomic E-state index is -0.715. The normalized spacial score (nSPS) is 14.0. The number of rotatable bonds is 8. The standard InChI is InChI=1S/C24H27FN6O2S/c25-20-12-6-5-11-19(20)23(33)28-27-22(32)17-34-24-29-26-21(16-30-13-7-2-8-14-30)31(24)15-18-9-3-1-4-10-18/h1,3-6,9-12H,2,7-8,13-17H2,(H,27,32)(H,28,33). The van der Waals surface area contributed by atoms with E-state index in [4.69, 9.17) is 0 Å². The van der Waals surface area contributed by atoms with Gasteiger partial charge in [0, 0.05) is 0 Å². The van der Waals surface area contributed by atoms with Crippen LogP contribution in [0.5, 0.6) is 0 Å². The van der Waals surface area contributed by atoms with E-state index in [1.54, 1.807) is 6.07 Å². The van der Waals surface area contributed by atoms with Crippen LogP contribution in [0.1, 0.15) is 41.0 Å². The maximum atomic E-state index is 13.7. The van der Waals surface area contributed by atoms with Gasteiger partial charge in [-0.15, -0.1) is 10.2 Å². The second-order valence-corrected chi connectivity index (χ2v) is 9.02. The molecule has 2 N–H and O–H groups in total. The Morgan fingerprint density at radius 1 is 0.912 bits per heavy atom. The number of hydrogen-bond donors (Lipinski definition) is 2. The summed E-state index contributed by atoms with van der Waals surface area (Å²) in [6.07, 6.45) is 3.64. The van der Waals surface area contributed by atoms with E-state index < -0.39 is 17.6 Å². The first-order valence-corrected chi connectivity index (χ1v) is 12.2. The van der Waals surface area contributed by atoms with Crippen LogP contribution in [0.2, 0.25) is 0 Å². The zero-order chi connectivity index (χ0) is 23.8. The van der Waals surface area contributed by atoms with Gasteiger partial charge in [-0.3, -0.25) is 25.3 Å². The van der Waals surface area contributed by atoms with Crippen molar-refractivity contribution in [1.82, 2.24) is 30.5 Å². The summed E-state index contributed by atoms with van der Waals surface area (Å²) in [5.41, 5.74) is 5.55. The average Bonchev–Trinajstić information content (AvgIpc) is 3.23. The Labute approximate surface area is 201 Å². The lowest BCUT2D eigenvalue weighted by molar-refractivity contribution is -0.119. The predicted octanol–water partition coefficient (Wildman–Crippen LogP) is 3.00. The van der Waals surface area contributed by atoms with Gasteiger partial charge in [-0.2, -0.15) is 0 Å². The second-order valence-electron chi connectivity index (χ2n) is 8.08. The molecular formula is C24H27FN6O2S. The van der Waals surface area contributed by atoms with E-state index in [0.717, 1.165) is 24.5 Å². The first-order valence-electron chi connectivity index (χ1n) is 11.2. The Hall–Kier alpha value is -3.24. The van der Waals surface area contributed by atoms with Crippen LogP contribution in [0.25, 0.3) is 0 Å². The molecule has 178 valence electrons. The van der Waals surface area contributed by atoms with E-state index in [2.05, 4.69) is 25.9 Å². The fourth-order valence-electron chi connectivity index (χ4n) is 3.79. The third-order valence-corrected chi connectivity index (χ3v) is 6.52. The summed E-state index contributed by atoms with van der Waals surface area (Å²) in [5, 5.41) is 9.38. The number of hydrogen-bond acceptors (Lipinski definition) is 6. The van der Waals surface area contributed by atoms with Gasteiger partial charge in [0.1, 0.15) is 11.6 Å². The van der Waals surface area contributed by atoms with Crippen LogP contribution in [0.3, 0.4) is 0 Å². The molecule has 2 amide bonds. The van der Waals surface area contributed by atoms with Crippen LogP contribution >= 0.6 is 11.8 Å². The van der Waals surface area contributed by atoms with Crippen LogP contribution < -0.4 is 10.9 Å². The van der Waals surface area contributed by atoms with Crippen molar-refractivity contribution in [2.45, 2.75) is 37.5 Å². The van der Waals surface area contributed by atoms with E-state index >= 15 is 0 Å². The molecule has 0 spiro atoms. The molecule has 34 heavy (non-hydrogen) atoms. The first kappa shape index (κ1) is 23.9. The van der Waals surface area contributed by atoms with Crippen molar-refractivity contribution < 1.29 is 14.0 Å². The van der Waals surface area contributed by atoms with Crippen molar-refractivity contribution >= 4 is 23.6 Å². The molecule has 1 aliphatic heterocycles. The maximum Gasteiger partial charge on any atom is 0.272 e. The molecule has 10 heteroatoms. The number of carbonyl (C=O) groups is 2. The minimum Gasteiger partial charge on any atom is -0.300 e. The molecule has 4 rings (SSSR count). The number of piperidine rings is 1. The zero-order valence-electron chi connectivity index (χ0n) is 18.7. The molecule has 3 aromatic rings. The van der Waals surface area contributed by atoms with Gasteiger partial charge in [0.2, 0.25) is 5.91 Å². The minimum absolute atomic E-state index is 0.0220. The fourth-order valence-corrected chi connectivity index (χ4v) is 4.55. The van der Waals surface area contributed by atoms with E-state index in [9.17, 15) is 14.0 Å². The summed E-state index contributed by atoms with van der Waals surface area (Å²) in [5.74, 6) is -0.914. The van der Waals surface area contributed by atoms with Crippen LogP contribution in [0.4, 0.5) is 4.39 Å². The van der Waals surface area contributed by atoms with Gasteiger partial charge >= 0.3 is 0 Å². The summed E-state index contributed by atoms with van der Waals surface area (Å²) < 4.78 is 15.8. The number of halogens is 1. The van der Waals surface area contributed by atoms with E-state index in [1.165, 1.54) is 49.2 Å². The van der Waals surface area contributed by atoms with Gasteiger partial charge in [-0.1, -0.05) is 60.6 Å². The second kappa shape index (κ2) is 11.8. The molecule has 2 aromatic carbocycles. The van der Waals surface area contributed by atoms with Gasteiger partial charge < -0.3 is 4.57 Å². The number of thioether (sulfide) groups is 1. The lowest BCUT2D eigenvalue weighted by Crippen LogP contribution is -2.42. The van der Waals surface area contributed by atoms with Gasteiger partial charge in [0.05, 0.1) is 24.4 Å². The number of benzene rings is 2. The smallest absolute Gasteiger partial charge is 0.272 e. The van der Waals surface area contributed by atoms with Crippen LogP contribution in [-0.2, 0) is 17.9 Å².